The Morgan fingerprint density at radius 1 is 0.833 bits per heavy atom. The molecule has 4 rings (SSSR count). The molecule has 2 aromatic carbocycles. The van der Waals surface area contributed by atoms with Crippen molar-refractivity contribution in [1.29, 1.82) is 0 Å². The fourth-order valence-corrected chi connectivity index (χ4v) is 3.55. The number of pyridine rings is 1. The first-order valence-corrected chi connectivity index (χ1v) is 10.2. The highest BCUT2D eigenvalue weighted by molar-refractivity contribution is 7.09. The molecular formula is C23H18N4O2S. The van der Waals surface area contributed by atoms with Gasteiger partial charge < -0.3 is 10.6 Å². The minimum atomic E-state index is -0.198. The van der Waals surface area contributed by atoms with E-state index in [0.29, 0.717) is 23.4 Å². The molecule has 0 fully saturated rings. The summed E-state index contributed by atoms with van der Waals surface area (Å²) in [6.45, 7) is 0.348. The molecule has 0 aliphatic rings. The second-order valence-corrected chi connectivity index (χ2v) is 7.39. The van der Waals surface area contributed by atoms with Gasteiger partial charge in [0.2, 0.25) is 0 Å². The van der Waals surface area contributed by atoms with Gasteiger partial charge in [-0.3, -0.25) is 14.6 Å². The number of hydrogen-bond acceptors (Lipinski definition) is 5. The number of carbonyl (C=O) groups is 2. The quantitative estimate of drug-likeness (QED) is 0.490. The molecule has 0 saturated carbocycles. The number of thiazole rings is 1. The van der Waals surface area contributed by atoms with Crippen molar-refractivity contribution in [3.63, 3.8) is 0 Å². The fraction of sp³-hybridized carbons (Fsp3) is 0.0435. The van der Waals surface area contributed by atoms with Gasteiger partial charge in [-0.2, -0.15) is 0 Å². The van der Waals surface area contributed by atoms with Crippen molar-refractivity contribution in [3.8, 4) is 11.3 Å². The predicted molar refractivity (Wildman–Crippen MR) is 117 cm³/mol. The van der Waals surface area contributed by atoms with Crippen LogP contribution in [-0.4, -0.2) is 21.8 Å². The summed E-state index contributed by atoms with van der Waals surface area (Å²) < 4.78 is 0. The summed E-state index contributed by atoms with van der Waals surface area (Å²) in [4.78, 5) is 33.2. The largest absolute Gasteiger partial charge is 0.346 e. The summed E-state index contributed by atoms with van der Waals surface area (Å²) in [5, 5.41) is 8.47. The van der Waals surface area contributed by atoms with Gasteiger partial charge in [0.05, 0.1) is 12.2 Å². The van der Waals surface area contributed by atoms with Crippen LogP contribution >= 0.6 is 11.3 Å². The summed E-state index contributed by atoms with van der Waals surface area (Å²) in [7, 11) is 0. The first kappa shape index (κ1) is 19.5. The molecule has 148 valence electrons. The molecular weight excluding hydrogens is 396 g/mol. The highest BCUT2D eigenvalue weighted by Crippen LogP contribution is 2.21. The highest BCUT2D eigenvalue weighted by Gasteiger charge is 2.10. The van der Waals surface area contributed by atoms with Crippen molar-refractivity contribution in [3.05, 3.63) is 101 Å². The maximum absolute atomic E-state index is 12.4. The van der Waals surface area contributed by atoms with Crippen molar-refractivity contribution in [2.45, 2.75) is 6.54 Å². The van der Waals surface area contributed by atoms with E-state index < -0.39 is 0 Å². The number of anilines is 1. The fourth-order valence-electron chi connectivity index (χ4n) is 2.80. The normalized spacial score (nSPS) is 10.4. The molecule has 2 amide bonds. The minimum Gasteiger partial charge on any atom is -0.346 e. The summed E-state index contributed by atoms with van der Waals surface area (Å²) in [5.41, 5.74) is 3.58. The lowest BCUT2D eigenvalue weighted by molar-refractivity contribution is 0.0950. The van der Waals surface area contributed by atoms with Gasteiger partial charge in [-0.05, 0) is 48.5 Å². The predicted octanol–water partition coefficient (Wildman–Crippen LogP) is 4.39. The molecule has 0 atom stereocenters. The average Bonchev–Trinajstić information content (AvgIpc) is 3.28. The molecule has 2 heterocycles. The standard InChI is InChI=1S/C23H18N4O2S/c28-22(25-14-21-27-20(15-30-21)16-10-12-24-13-11-16)18-6-8-19(9-7-18)26-23(29)17-4-2-1-3-5-17/h1-13,15H,14H2,(H,25,28)(H,26,29). The first-order valence-electron chi connectivity index (χ1n) is 9.28. The van der Waals surface area contributed by atoms with E-state index in [1.54, 1.807) is 48.8 Å². The second kappa shape index (κ2) is 9.11. The van der Waals surface area contributed by atoms with Crippen LogP contribution in [0.2, 0.25) is 0 Å². The number of nitrogens with one attached hydrogen (secondary N) is 2. The molecule has 0 spiro atoms. The lowest BCUT2D eigenvalue weighted by Crippen LogP contribution is -2.22. The Morgan fingerprint density at radius 3 is 2.27 bits per heavy atom. The smallest absolute Gasteiger partial charge is 0.255 e. The van der Waals surface area contributed by atoms with Crippen LogP contribution in [0.4, 0.5) is 5.69 Å². The molecule has 0 aliphatic heterocycles. The van der Waals surface area contributed by atoms with E-state index in [2.05, 4.69) is 20.6 Å². The number of aromatic nitrogens is 2. The van der Waals surface area contributed by atoms with Crippen LogP contribution < -0.4 is 10.6 Å². The van der Waals surface area contributed by atoms with Crippen molar-refractivity contribution in [2.75, 3.05) is 5.32 Å². The zero-order valence-electron chi connectivity index (χ0n) is 15.9. The zero-order chi connectivity index (χ0) is 20.8. The van der Waals surface area contributed by atoms with E-state index in [-0.39, 0.29) is 11.8 Å². The van der Waals surface area contributed by atoms with Crippen molar-refractivity contribution in [1.82, 2.24) is 15.3 Å². The molecule has 0 radical (unpaired) electrons. The van der Waals surface area contributed by atoms with E-state index in [9.17, 15) is 9.59 Å². The molecule has 6 nitrogen and oxygen atoms in total. The molecule has 7 heteroatoms. The number of benzene rings is 2. The lowest BCUT2D eigenvalue weighted by atomic mass is 10.1. The Morgan fingerprint density at radius 2 is 1.53 bits per heavy atom. The van der Waals surface area contributed by atoms with Gasteiger partial charge in [0.25, 0.3) is 11.8 Å². The molecule has 0 saturated heterocycles. The summed E-state index contributed by atoms with van der Waals surface area (Å²) in [6.07, 6.45) is 3.45. The van der Waals surface area contributed by atoms with Gasteiger partial charge in [0, 0.05) is 40.2 Å². The monoisotopic (exact) mass is 414 g/mol. The Kier molecular flexibility index (Phi) is 5.91. The lowest BCUT2D eigenvalue weighted by Gasteiger charge is -2.07. The number of carbonyl (C=O) groups excluding carboxylic acids is 2. The van der Waals surface area contributed by atoms with Crippen molar-refractivity contribution < 1.29 is 9.59 Å². The third kappa shape index (κ3) is 4.76. The van der Waals surface area contributed by atoms with E-state index >= 15 is 0 Å². The van der Waals surface area contributed by atoms with Crippen LogP contribution in [0.5, 0.6) is 0 Å². The third-order valence-electron chi connectivity index (χ3n) is 4.37. The minimum absolute atomic E-state index is 0.193. The van der Waals surface area contributed by atoms with Crippen LogP contribution in [0.1, 0.15) is 25.7 Å². The zero-order valence-corrected chi connectivity index (χ0v) is 16.7. The topological polar surface area (TPSA) is 84.0 Å². The van der Waals surface area contributed by atoms with Gasteiger partial charge in [-0.25, -0.2) is 4.98 Å². The van der Waals surface area contributed by atoms with Gasteiger partial charge in [-0.1, -0.05) is 18.2 Å². The molecule has 4 aromatic rings. The highest BCUT2D eigenvalue weighted by atomic mass is 32.1. The maximum Gasteiger partial charge on any atom is 0.255 e. The second-order valence-electron chi connectivity index (χ2n) is 6.44. The average molecular weight is 414 g/mol. The van der Waals surface area contributed by atoms with Crippen LogP contribution in [0.15, 0.2) is 84.5 Å². The number of rotatable bonds is 6. The Balaban J connectivity index is 1.33. The molecule has 0 unspecified atom stereocenters. The third-order valence-corrected chi connectivity index (χ3v) is 5.22. The number of nitrogens with zero attached hydrogens (tertiary/aromatic N) is 2. The van der Waals surface area contributed by atoms with Crippen LogP contribution in [-0.2, 0) is 6.54 Å². The van der Waals surface area contributed by atoms with Crippen LogP contribution in [0.25, 0.3) is 11.3 Å². The number of amides is 2. The van der Waals surface area contributed by atoms with Crippen molar-refractivity contribution in [2.24, 2.45) is 0 Å². The number of hydrogen-bond donors (Lipinski definition) is 2. The molecule has 2 N–H and O–H groups in total. The SMILES string of the molecule is O=C(NCc1nc(-c2ccncc2)cs1)c1ccc(NC(=O)c2ccccc2)cc1. The molecule has 0 aliphatic carbocycles. The van der Waals surface area contributed by atoms with Gasteiger partial charge in [0.15, 0.2) is 0 Å². The van der Waals surface area contributed by atoms with E-state index in [4.69, 9.17) is 0 Å². The molecule has 30 heavy (non-hydrogen) atoms. The van der Waals surface area contributed by atoms with Crippen LogP contribution in [0.3, 0.4) is 0 Å². The summed E-state index contributed by atoms with van der Waals surface area (Å²) in [6, 6.07) is 19.5. The maximum atomic E-state index is 12.4. The Bertz CT molecular complexity index is 1140. The van der Waals surface area contributed by atoms with Gasteiger partial charge in [-0.15, -0.1) is 11.3 Å². The van der Waals surface area contributed by atoms with Crippen molar-refractivity contribution >= 4 is 28.8 Å². The van der Waals surface area contributed by atoms with Gasteiger partial charge in [0.1, 0.15) is 5.01 Å². The first-order chi connectivity index (χ1) is 14.7. The van der Waals surface area contributed by atoms with E-state index in [0.717, 1.165) is 16.3 Å². The van der Waals surface area contributed by atoms with E-state index in [1.165, 1.54) is 11.3 Å². The molecule has 2 aromatic heterocycles. The molecule has 0 bridgehead atoms. The Hall–Kier alpha value is -3.84. The van der Waals surface area contributed by atoms with Gasteiger partial charge >= 0.3 is 0 Å². The summed E-state index contributed by atoms with van der Waals surface area (Å²) in [5.74, 6) is -0.391. The van der Waals surface area contributed by atoms with Crippen LogP contribution in [0, 0.1) is 0 Å². The van der Waals surface area contributed by atoms with E-state index in [1.807, 2.05) is 35.7 Å². The summed E-state index contributed by atoms with van der Waals surface area (Å²) >= 11 is 1.50. The Labute approximate surface area is 177 Å².